The Kier molecular flexibility index (Phi) is 6.31. The van der Waals surface area contributed by atoms with Crippen LogP contribution in [0.5, 0.6) is 0 Å². The van der Waals surface area contributed by atoms with Crippen molar-refractivity contribution in [2.45, 2.75) is 24.6 Å². The Hall–Kier alpha value is -0.250. The topological polar surface area (TPSA) is 29.1 Å². The van der Waals surface area contributed by atoms with Crippen LogP contribution in [0.15, 0.2) is 18.2 Å². The van der Waals surface area contributed by atoms with Crippen LogP contribution in [-0.2, 0) is 11.2 Å². The third-order valence-electron chi connectivity index (χ3n) is 2.21. The molecule has 1 aromatic carbocycles. The second kappa shape index (κ2) is 7.24. The molecular weight excluding hydrogens is 325 g/mol. The van der Waals surface area contributed by atoms with Crippen molar-refractivity contribution < 1.29 is 4.79 Å². The van der Waals surface area contributed by atoms with E-state index in [0.717, 1.165) is 12.0 Å². The molecule has 0 spiro atoms. The van der Waals surface area contributed by atoms with E-state index in [-0.39, 0.29) is 5.91 Å². The molecule has 0 fully saturated rings. The molecule has 1 atom stereocenters. The zero-order chi connectivity index (χ0) is 12.8. The molecule has 0 aliphatic heterocycles. The van der Waals surface area contributed by atoms with Gasteiger partial charge in [0.25, 0.3) is 0 Å². The lowest BCUT2D eigenvalue weighted by molar-refractivity contribution is -0.120. The van der Waals surface area contributed by atoms with E-state index in [1.54, 1.807) is 18.2 Å². The third kappa shape index (κ3) is 5.75. The number of nitrogens with one attached hydrogen (secondary N) is 1. The van der Waals surface area contributed by atoms with Crippen LogP contribution < -0.4 is 5.32 Å². The first-order chi connectivity index (χ1) is 7.99. The average molecular weight is 339 g/mol. The van der Waals surface area contributed by atoms with Gasteiger partial charge >= 0.3 is 0 Å². The summed E-state index contributed by atoms with van der Waals surface area (Å²) in [4.78, 5) is 12.0. The van der Waals surface area contributed by atoms with Gasteiger partial charge in [0, 0.05) is 11.4 Å². The Morgan fingerprint density at radius 1 is 1.41 bits per heavy atom. The minimum absolute atomic E-state index is 0.00320. The van der Waals surface area contributed by atoms with Crippen LogP contribution in [0.4, 0.5) is 0 Å². The quantitative estimate of drug-likeness (QED) is 0.812. The highest BCUT2D eigenvalue weighted by molar-refractivity contribution is 9.09. The van der Waals surface area contributed by atoms with Gasteiger partial charge in [-0.05, 0) is 24.1 Å². The Labute approximate surface area is 120 Å². The fourth-order valence-electron chi connectivity index (χ4n) is 1.31. The molecule has 0 heterocycles. The molecule has 0 bridgehead atoms. The van der Waals surface area contributed by atoms with Crippen molar-refractivity contribution in [3.63, 3.8) is 0 Å². The Balaban J connectivity index is 2.42. The van der Waals surface area contributed by atoms with Gasteiger partial charge in [0.1, 0.15) is 0 Å². The summed E-state index contributed by atoms with van der Waals surface area (Å²) in [6, 6.07) is 5.23. The van der Waals surface area contributed by atoms with Crippen molar-refractivity contribution >= 4 is 45.0 Å². The number of halogens is 3. The smallest absolute Gasteiger partial charge is 0.224 e. The Bertz CT molecular complexity index is 396. The van der Waals surface area contributed by atoms with Crippen LogP contribution >= 0.6 is 39.1 Å². The van der Waals surface area contributed by atoms with E-state index in [0.29, 0.717) is 27.8 Å². The molecule has 0 aromatic heterocycles. The van der Waals surface area contributed by atoms with Gasteiger partial charge in [-0.2, -0.15) is 0 Å². The molecule has 5 heteroatoms. The summed E-state index contributed by atoms with van der Waals surface area (Å²) < 4.78 is 0. The number of benzene rings is 1. The summed E-state index contributed by atoms with van der Waals surface area (Å²) >= 11 is 15.1. The molecule has 2 nitrogen and oxygen atoms in total. The van der Waals surface area contributed by atoms with Gasteiger partial charge in [-0.1, -0.05) is 52.1 Å². The normalized spacial score (nSPS) is 12.2. The van der Waals surface area contributed by atoms with Crippen molar-refractivity contribution in [2.24, 2.45) is 0 Å². The number of hydrogen-bond acceptors (Lipinski definition) is 1. The summed E-state index contributed by atoms with van der Waals surface area (Å²) in [5, 5.41) is 3.83. The number of rotatable bonds is 5. The van der Waals surface area contributed by atoms with Crippen molar-refractivity contribution in [2.75, 3.05) is 6.54 Å². The van der Waals surface area contributed by atoms with Gasteiger partial charge in [-0.15, -0.1) is 0 Å². The van der Waals surface area contributed by atoms with E-state index in [1.165, 1.54) is 0 Å². The van der Waals surface area contributed by atoms with Crippen molar-refractivity contribution in [1.82, 2.24) is 5.32 Å². The predicted molar refractivity (Wildman–Crippen MR) is 76.2 cm³/mol. The highest BCUT2D eigenvalue weighted by Gasteiger charge is 2.05. The summed E-state index contributed by atoms with van der Waals surface area (Å²) in [6.45, 7) is 2.72. The van der Waals surface area contributed by atoms with Crippen molar-refractivity contribution in [3.05, 3.63) is 33.8 Å². The summed E-state index contributed by atoms with van der Waals surface area (Å²) in [6.07, 6.45) is 1.24. The number of carbonyl (C=O) groups is 1. The maximum Gasteiger partial charge on any atom is 0.224 e. The molecule has 0 radical (unpaired) electrons. The fraction of sp³-hybridized carbons (Fsp3) is 0.417. The van der Waals surface area contributed by atoms with Crippen LogP contribution in [0.3, 0.4) is 0 Å². The summed E-state index contributed by atoms with van der Waals surface area (Å²) in [7, 11) is 0. The molecule has 94 valence electrons. The molecule has 1 amide bonds. The molecule has 0 saturated heterocycles. The zero-order valence-corrected chi connectivity index (χ0v) is 12.6. The summed E-state index contributed by atoms with van der Waals surface area (Å²) in [5.41, 5.74) is 0.865. The molecule has 0 aliphatic carbocycles. The van der Waals surface area contributed by atoms with Crippen LogP contribution in [0.1, 0.15) is 18.9 Å². The van der Waals surface area contributed by atoms with Crippen LogP contribution in [-0.4, -0.2) is 17.3 Å². The lowest BCUT2D eigenvalue weighted by Crippen LogP contribution is -2.27. The maximum absolute atomic E-state index is 11.6. The second-order valence-electron chi connectivity index (χ2n) is 3.84. The molecule has 0 aliphatic rings. The lowest BCUT2D eigenvalue weighted by atomic mass is 10.1. The SMILES string of the molecule is CC(Br)CCNC(=O)Cc1ccc(Cl)c(Cl)c1. The minimum Gasteiger partial charge on any atom is -0.356 e. The highest BCUT2D eigenvalue weighted by Crippen LogP contribution is 2.22. The fourth-order valence-corrected chi connectivity index (χ4v) is 1.86. The first-order valence-corrected chi connectivity index (χ1v) is 7.01. The largest absolute Gasteiger partial charge is 0.356 e. The van der Waals surface area contributed by atoms with Gasteiger partial charge in [-0.3, -0.25) is 4.79 Å². The van der Waals surface area contributed by atoms with Gasteiger partial charge in [0.15, 0.2) is 0 Å². The van der Waals surface area contributed by atoms with E-state index < -0.39 is 0 Å². The van der Waals surface area contributed by atoms with Crippen LogP contribution in [0.25, 0.3) is 0 Å². The Morgan fingerprint density at radius 2 is 2.12 bits per heavy atom. The molecule has 1 aromatic rings. The van der Waals surface area contributed by atoms with Crippen molar-refractivity contribution in [1.29, 1.82) is 0 Å². The Morgan fingerprint density at radius 3 is 2.71 bits per heavy atom. The molecule has 1 N–H and O–H groups in total. The number of hydrogen-bond donors (Lipinski definition) is 1. The van der Waals surface area contributed by atoms with Crippen LogP contribution in [0.2, 0.25) is 10.0 Å². The standard InChI is InChI=1S/C12H14BrCl2NO/c1-8(13)4-5-16-12(17)7-9-2-3-10(14)11(15)6-9/h2-3,6,8H,4-5,7H2,1H3,(H,16,17). The first kappa shape index (κ1) is 14.8. The zero-order valence-electron chi connectivity index (χ0n) is 9.47. The molecule has 0 saturated carbocycles. The molecule has 1 unspecified atom stereocenters. The molecule has 17 heavy (non-hydrogen) atoms. The van der Waals surface area contributed by atoms with Crippen molar-refractivity contribution in [3.8, 4) is 0 Å². The van der Waals surface area contributed by atoms with E-state index in [9.17, 15) is 4.79 Å². The van der Waals surface area contributed by atoms with E-state index in [1.807, 2.05) is 6.92 Å². The second-order valence-corrected chi connectivity index (χ2v) is 6.22. The van der Waals surface area contributed by atoms with E-state index >= 15 is 0 Å². The van der Waals surface area contributed by atoms with Gasteiger partial charge in [-0.25, -0.2) is 0 Å². The monoisotopic (exact) mass is 337 g/mol. The van der Waals surface area contributed by atoms with Crippen LogP contribution in [0, 0.1) is 0 Å². The van der Waals surface area contributed by atoms with Gasteiger partial charge in [0.05, 0.1) is 16.5 Å². The lowest BCUT2D eigenvalue weighted by Gasteiger charge is -2.07. The number of alkyl halides is 1. The average Bonchev–Trinajstić information content (AvgIpc) is 2.23. The highest BCUT2D eigenvalue weighted by atomic mass is 79.9. The number of amides is 1. The van der Waals surface area contributed by atoms with Gasteiger partial charge < -0.3 is 5.32 Å². The maximum atomic E-state index is 11.6. The molecular formula is C12H14BrCl2NO. The summed E-state index contributed by atoms with van der Waals surface area (Å²) in [5.74, 6) is -0.00320. The van der Waals surface area contributed by atoms with E-state index in [2.05, 4.69) is 21.2 Å². The predicted octanol–water partition coefficient (Wildman–Crippen LogP) is 3.83. The minimum atomic E-state index is -0.00320. The first-order valence-electron chi connectivity index (χ1n) is 5.33. The third-order valence-corrected chi connectivity index (χ3v) is 3.41. The van der Waals surface area contributed by atoms with E-state index in [4.69, 9.17) is 23.2 Å². The molecule has 1 rings (SSSR count). The van der Waals surface area contributed by atoms with Gasteiger partial charge in [0.2, 0.25) is 5.91 Å². The number of carbonyl (C=O) groups excluding carboxylic acids is 1.